The highest BCUT2D eigenvalue weighted by atomic mass is 16.6. The Morgan fingerprint density at radius 3 is 2.89 bits per heavy atom. The van der Waals surface area contributed by atoms with Crippen LogP contribution in [0.15, 0.2) is 18.2 Å². The summed E-state index contributed by atoms with van der Waals surface area (Å²) >= 11 is 0. The van der Waals surface area contributed by atoms with Crippen molar-refractivity contribution in [1.82, 2.24) is 5.32 Å². The van der Waals surface area contributed by atoms with E-state index in [1.165, 1.54) is 12.1 Å². The van der Waals surface area contributed by atoms with Crippen molar-refractivity contribution in [3.05, 3.63) is 28.3 Å². The van der Waals surface area contributed by atoms with Crippen LogP contribution in [0.25, 0.3) is 0 Å². The van der Waals surface area contributed by atoms with Crippen molar-refractivity contribution in [2.24, 2.45) is 0 Å². The van der Waals surface area contributed by atoms with Gasteiger partial charge in [0.15, 0.2) is 0 Å². The number of carbonyl (C=O) groups is 1. The molecule has 7 nitrogen and oxygen atoms in total. The second-order valence-corrected chi connectivity index (χ2v) is 4.45. The minimum Gasteiger partial charge on any atom is -0.398 e. The molecule has 0 aromatic heterocycles. The molecule has 1 unspecified atom stereocenters. The molecule has 3 N–H and O–H groups in total. The van der Waals surface area contributed by atoms with Crippen molar-refractivity contribution in [3.63, 3.8) is 0 Å². The molecule has 0 spiro atoms. The number of carbonyl (C=O) groups excluding carboxylic acids is 1. The van der Waals surface area contributed by atoms with Gasteiger partial charge in [-0.2, -0.15) is 0 Å². The van der Waals surface area contributed by atoms with Crippen molar-refractivity contribution in [1.29, 1.82) is 0 Å². The monoisotopic (exact) mass is 264 g/mol. The smallest absolute Gasteiger partial charge is 0.273 e. The van der Waals surface area contributed by atoms with Gasteiger partial charge < -0.3 is 16.0 Å². The minimum atomic E-state index is -0.481. The highest BCUT2D eigenvalue weighted by Crippen LogP contribution is 2.28. The van der Waals surface area contributed by atoms with E-state index in [0.717, 1.165) is 0 Å². The Morgan fingerprint density at radius 1 is 1.53 bits per heavy atom. The van der Waals surface area contributed by atoms with Crippen LogP contribution in [-0.4, -0.2) is 30.0 Å². The number of benzene rings is 1. The number of amides is 1. The van der Waals surface area contributed by atoms with Gasteiger partial charge in [0.2, 0.25) is 5.91 Å². The molecule has 1 aliphatic heterocycles. The topological polar surface area (TPSA) is 102 Å². The highest BCUT2D eigenvalue weighted by molar-refractivity contribution is 5.87. The van der Waals surface area contributed by atoms with Crippen LogP contribution in [0, 0.1) is 10.1 Å². The van der Waals surface area contributed by atoms with Crippen molar-refractivity contribution >= 4 is 23.0 Å². The molecular weight excluding hydrogens is 248 g/mol. The fraction of sp³-hybridized carbons (Fsp3) is 0.417. The first-order valence-corrected chi connectivity index (χ1v) is 6.12. The summed E-state index contributed by atoms with van der Waals surface area (Å²) in [6, 6.07) is 4.12. The molecule has 102 valence electrons. The van der Waals surface area contributed by atoms with Gasteiger partial charge in [-0.1, -0.05) is 6.92 Å². The summed E-state index contributed by atoms with van der Waals surface area (Å²) in [6.07, 6.45) is 0.633. The standard InChI is InChI=1S/C12H16N4O3/c1-2-11-12(17)14-3-4-15(11)9-5-8(13)6-10(7-9)16(18)19/h5-7,11H,2-4,13H2,1H3,(H,14,17). The lowest BCUT2D eigenvalue weighted by Gasteiger charge is -2.36. The predicted octanol–water partition coefficient (Wildman–Crippen LogP) is 0.892. The van der Waals surface area contributed by atoms with E-state index in [0.29, 0.717) is 30.9 Å². The third-order valence-corrected chi connectivity index (χ3v) is 3.18. The molecule has 1 fully saturated rings. The van der Waals surface area contributed by atoms with Gasteiger partial charge >= 0.3 is 0 Å². The molecule has 7 heteroatoms. The van der Waals surface area contributed by atoms with Gasteiger partial charge in [0.1, 0.15) is 6.04 Å². The molecule has 0 saturated carbocycles. The fourth-order valence-electron chi connectivity index (χ4n) is 2.32. The maximum absolute atomic E-state index is 11.8. The largest absolute Gasteiger partial charge is 0.398 e. The van der Waals surface area contributed by atoms with E-state index in [9.17, 15) is 14.9 Å². The minimum absolute atomic E-state index is 0.0566. The maximum atomic E-state index is 11.8. The lowest BCUT2D eigenvalue weighted by atomic mass is 10.1. The predicted molar refractivity (Wildman–Crippen MR) is 71.9 cm³/mol. The van der Waals surface area contributed by atoms with E-state index >= 15 is 0 Å². The number of rotatable bonds is 3. The van der Waals surface area contributed by atoms with E-state index in [1.807, 2.05) is 11.8 Å². The number of nitrogen functional groups attached to an aromatic ring is 1. The first kappa shape index (κ1) is 13.1. The zero-order valence-electron chi connectivity index (χ0n) is 10.6. The second-order valence-electron chi connectivity index (χ2n) is 4.45. The van der Waals surface area contributed by atoms with Crippen molar-refractivity contribution < 1.29 is 9.72 Å². The van der Waals surface area contributed by atoms with E-state index in [1.54, 1.807) is 6.07 Å². The molecule has 2 rings (SSSR count). The first-order valence-electron chi connectivity index (χ1n) is 6.12. The molecule has 0 radical (unpaired) electrons. The summed E-state index contributed by atoms with van der Waals surface area (Å²) in [5, 5.41) is 13.6. The summed E-state index contributed by atoms with van der Waals surface area (Å²) in [5.41, 5.74) is 6.58. The van der Waals surface area contributed by atoms with Crippen molar-refractivity contribution in [2.45, 2.75) is 19.4 Å². The van der Waals surface area contributed by atoms with E-state index in [2.05, 4.69) is 5.32 Å². The summed E-state index contributed by atoms with van der Waals surface area (Å²) in [6.45, 7) is 3.05. The molecule has 1 aromatic rings. The van der Waals surface area contributed by atoms with Crippen LogP contribution in [0.3, 0.4) is 0 Å². The number of anilines is 2. The number of nitrogens with two attached hydrogens (primary N) is 1. The number of piperazine rings is 1. The van der Waals surface area contributed by atoms with Gasteiger partial charge in [-0.05, 0) is 12.5 Å². The molecule has 19 heavy (non-hydrogen) atoms. The molecule has 1 aromatic carbocycles. The SMILES string of the molecule is CCC1C(=O)NCCN1c1cc(N)cc([N+](=O)[O-])c1. The average molecular weight is 264 g/mol. The lowest BCUT2D eigenvalue weighted by molar-refractivity contribution is -0.384. The quantitative estimate of drug-likeness (QED) is 0.479. The maximum Gasteiger partial charge on any atom is 0.273 e. The summed E-state index contributed by atoms with van der Waals surface area (Å²) in [5.74, 6) is -0.0566. The zero-order valence-corrected chi connectivity index (χ0v) is 10.6. The van der Waals surface area contributed by atoms with Crippen LogP contribution >= 0.6 is 0 Å². The number of nitrogens with one attached hydrogen (secondary N) is 1. The fourth-order valence-corrected chi connectivity index (χ4v) is 2.32. The van der Waals surface area contributed by atoms with Crippen LogP contribution < -0.4 is 16.0 Å². The van der Waals surface area contributed by atoms with Crippen molar-refractivity contribution in [3.8, 4) is 0 Å². The highest BCUT2D eigenvalue weighted by Gasteiger charge is 2.29. The number of hydrogen-bond donors (Lipinski definition) is 2. The van der Waals surface area contributed by atoms with E-state index < -0.39 is 4.92 Å². The van der Waals surface area contributed by atoms with Crippen LogP contribution in [0.2, 0.25) is 0 Å². The Kier molecular flexibility index (Phi) is 3.55. The molecule has 1 amide bonds. The van der Waals surface area contributed by atoms with E-state index in [4.69, 9.17) is 5.73 Å². The van der Waals surface area contributed by atoms with Gasteiger partial charge in [0.25, 0.3) is 5.69 Å². The van der Waals surface area contributed by atoms with E-state index in [-0.39, 0.29) is 17.6 Å². The number of hydrogen-bond acceptors (Lipinski definition) is 5. The molecule has 1 aliphatic rings. The molecule has 1 atom stereocenters. The summed E-state index contributed by atoms with van der Waals surface area (Å²) in [4.78, 5) is 24.0. The van der Waals surface area contributed by atoms with Gasteiger partial charge in [0, 0.05) is 36.6 Å². The third-order valence-electron chi connectivity index (χ3n) is 3.18. The second kappa shape index (κ2) is 5.13. The van der Waals surface area contributed by atoms with Crippen LogP contribution in [0.4, 0.5) is 17.1 Å². The molecule has 0 bridgehead atoms. The molecule has 1 saturated heterocycles. The number of non-ortho nitro benzene ring substituents is 1. The number of nitrogens with zero attached hydrogens (tertiary/aromatic N) is 2. The third kappa shape index (κ3) is 2.59. The molecular formula is C12H16N4O3. The summed E-state index contributed by atoms with van der Waals surface area (Å²) in [7, 11) is 0. The lowest BCUT2D eigenvalue weighted by Crippen LogP contribution is -2.55. The summed E-state index contributed by atoms with van der Waals surface area (Å²) < 4.78 is 0. The Morgan fingerprint density at radius 2 is 2.26 bits per heavy atom. The Balaban J connectivity index is 2.39. The van der Waals surface area contributed by atoms with Gasteiger partial charge in [-0.3, -0.25) is 14.9 Å². The average Bonchev–Trinajstić information content (AvgIpc) is 2.37. The molecule has 1 heterocycles. The van der Waals surface area contributed by atoms with Gasteiger partial charge in [-0.25, -0.2) is 0 Å². The molecule has 0 aliphatic carbocycles. The van der Waals surface area contributed by atoms with Crippen LogP contribution in [0.1, 0.15) is 13.3 Å². The zero-order chi connectivity index (χ0) is 14.0. The normalized spacial score (nSPS) is 19.1. The number of nitro benzene ring substituents is 1. The Bertz CT molecular complexity index is 518. The Hall–Kier alpha value is -2.31. The van der Waals surface area contributed by atoms with Crippen LogP contribution in [-0.2, 0) is 4.79 Å². The van der Waals surface area contributed by atoms with Crippen LogP contribution in [0.5, 0.6) is 0 Å². The first-order chi connectivity index (χ1) is 9.02. The number of nitro groups is 1. The Labute approximate surface area is 110 Å². The van der Waals surface area contributed by atoms with Gasteiger partial charge in [-0.15, -0.1) is 0 Å². The van der Waals surface area contributed by atoms with Crippen molar-refractivity contribution in [2.75, 3.05) is 23.7 Å². The van der Waals surface area contributed by atoms with Gasteiger partial charge in [0.05, 0.1) is 4.92 Å².